The van der Waals surface area contributed by atoms with Crippen molar-refractivity contribution in [1.82, 2.24) is 15.6 Å². The summed E-state index contributed by atoms with van der Waals surface area (Å²) in [5.74, 6) is 1.99. The Bertz CT molecular complexity index is 851. The number of piperidine rings is 1. The topological polar surface area (TPSA) is 52.6 Å². The number of anilines is 1. The number of nitrogens with zero attached hydrogens (tertiary/aromatic N) is 3. The van der Waals surface area contributed by atoms with Crippen molar-refractivity contribution in [2.24, 2.45) is 4.99 Å². The standard InChI is InChI=1S/C22H28FN5.HI/c1-15-6-5-9-21(25-15)28-12-10-16(11-13-28)26-22(24-2)27-20-14-18(20)17-7-3-4-8-19(17)23;/h3-9,16,18,20H,10-14H2,1-2H3,(H2,24,26,27);1H. The van der Waals surface area contributed by atoms with Gasteiger partial charge in [0.25, 0.3) is 0 Å². The Labute approximate surface area is 189 Å². The second-order valence-electron chi connectivity index (χ2n) is 7.73. The minimum Gasteiger partial charge on any atom is -0.356 e. The monoisotopic (exact) mass is 509 g/mol. The highest BCUT2D eigenvalue weighted by Gasteiger charge is 2.40. The lowest BCUT2D eigenvalue weighted by Gasteiger charge is -2.34. The van der Waals surface area contributed by atoms with Crippen LogP contribution in [0.25, 0.3) is 0 Å². The summed E-state index contributed by atoms with van der Waals surface area (Å²) in [6, 6.07) is 13.9. The molecule has 2 aromatic rings. The summed E-state index contributed by atoms with van der Waals surface area (Å²) in [7, 11) is 1.79. The van der Waals surface area contributed by atoms with Crippen LogP contribution < -0.4 is 15.5 Å². The Morgan fingerprint density at radius 1 is 1.10 bits per heavy atom. The van der Waals surface area contributed by atoms with E-state index in [1.807, 2.05) is 25.1 Å². The van der Waals surface area contributed by atoms with E-state index in [-0.39, 0.29) is 41.8 Å². The minimum absolute atomic E-state index is 0. The fraction of sp³-hybridized carbons (Fsp3) is 0.455. The van der Waals surface area contributed by atoms with E-state index < -0.39 is 0 Å². The Balaban J connectivity index is 0.00000240. The third-order valence-electron chi connectivity index (χ3n) is 5.67. The lowest BCUT2D eigenvalue weighted by Crippen LogP contribution is -2.49. The molecule has 4 rings (SSSR count). The number of guanidine groups is 1. The minimum atomic E-state index is -0.114. The van der Waals surface area contributed by atoms with Crippen molar-refractivity contribution in [3.63, 3.8) is 0 Å². The number of pyridine rings is 1. The molecular weight excluding hydrogens is 480 g/mol. The molecule has 0 spiro atoms. The summed E-state index contributed by atoms with van der Waals surface area (Å²) >= 11 is 0. The number of aromatic nitrogens is 1. The first kappa shape index (κ1) is 21.8. The van der Waals surface area contributed by atoms with E-state index >= 15 is 0 Å². The Morgan fingerprint density at radius 3 is 2.55 bits per heavy atom. The third-order valence-corrected chi connectivity index (χ3v) is 5.67. The van der Waals surface area contributed by atoms with Gasteiger partial charge >= 0.3 is 0 Å². The Morgan fingerprint density at radius 2 is 1.86 bits per heavy atom. The van der Waals surface area contributed by atoms with Gasteiger partial charge in [-0.05, 0) is 49.9 Å². The fourth-order valence-corrected chi connectivity index (χ4v) is 3.97. The van der Waals surface area contributed by atoms with E-state index in [0.717, 1.165) is 55.4 Å². The maximum Gasteiger partial charge on any atom is 0.191 e. The molecule has 1 saturated carbocycles. The highest BCUT2D eigenvalue weighted by Crippen LogP contribution is 2.41. The van der Waals surface area contributed by atoms with Gasteiger partial charge in [0.15, 0.2) is 5.96 Å². The molecular formula is C22H29FIN5. The second-order valence-corrected chi connectivity index (χ2v) is 7.73. The first-order chi connectivity index (χ1) is 13.6. The first-order valence-corrected chi connectivity index (χ1v) is 10.1. The first-order valence-electron chi connectivity index (χ1n) is 10.1. The maximum absolute atomic E-state index is 14.0. The van der Waals surface area contributed by atoms with Crippen molar-refractivity contribution in [2.45, 2.75) is 44.2 Å². The van der Waals surface area contributed by atoms with Crippen LogP contribution in [-0.2, 0) is 0 Å². The van der Waals surface area contributed by atoms with Gasteiger partial charge in [0, 0.05) is 43.8 Å². The number of aryl methyl sites for hydroxylation is 1. The van der Waals surface area contributed by atoms with E-state index in [1.54, 1.807) is 13.1 Å². The van der Waals surface area contributed by atoms with Crippen LogP contribution in [0.5, 0.6) is 0 Å². The number of rotatable bonds is 4. The summed E-state index contributed by atoms with van der Waals surface area (Å²) < 4.78 is 14.0. The van der Waals surface area contributed by atoms with Crippen LogP contribution in [0.2, 0.25) is 0 Å². The van der Waals surface area contributed by atoms with Crippen molar-refractivity contribution in [1.29, 1.82) is 0 Å². The lowest BCUT2D eigenvalue weighted by atomic mass is 10.1. The van der Waals surface area contributed by atoms with Gasteiger partial charge in [-0.2, -0.15) is 0 Å². The second kappa shape index (κ2) is 9.73. The fourth-order valence-electron chi connectivity index (χ4n) is 3.97. The van der Waals surface area contributed by atoms with Crippen molar-refractivity contribution in [3.05, 3.63) is 59.5 Å². The molecule has 2 fully saturated rings. The molecule has 5 nitrogen and oxygen atoms in total. The van der Waals surface area contributed by atoms with Gasteiger partial charge in [0.1, 0.15) is 11.6 Å². The molecule has 1 aliphatic heterocycles. The van der Waals surface area contributed by atoms with Crippen LogP contribution in [0.15, 0.2) is 47.5 Å². The smallest absolute Gasteiger partial charge is 0.191 e. The van der Waals surface area contributed by atoms with Crippen molar-refractivity contribution >= 4 is 35.8 Å². The molecule has 7 heteroatoms. The number of benzene rings is 1. The van der Waals surface area contributed by atoms with Gasteiger partial charge in [0.05, 0.1) is 0 Å². The van der Waals surface area contributed by atoms with E-state index in [0.29, 0.717) is 6.04 Å². The summed E-state index contributed by atoms with van der Waals surface area (Å²) in [6.07, 6.45) is 3.02. The zero-order chi connectivity index (χ0) is 19.5. The number of aliphatic imine (C=N–C) groups is 1. The SMILES string of the molecule is CN=C(NC1CCN(c2cccc(C)n2)CC1)NC1CC1c1ccccc1F.I. The third kappa shape index (κ3) is 5.38. The van der Waals surface area contributed by atoms with Gasteiger partial charge in [0.2, 0.25) is 0 Å². The average Bonchev–Trinajstić information content (AvgIpc) is 3.47. The summed E-state index contributed by atoms with van der Waals surface area (Å²) in [4.78, 5) is 11.3. The van der Waals surface area contributed by atoms with Gasteiger partial charge in [-0.25, -0.2) is 9.37 Å². The lowest BCUT2D eigenvalue weighted by molar-refractivity contribution is 0.459. The zero-order valence-corrected chi connectivity index (χ0v) is 19.3. The predicted molar refractivity (Wildman–Crippen MR) is 127 cm³/mol. The number of hydrogen-bond acceptors (Lipinski definition) is 3. The molecule has 1 aliphatic carbocycles. The van der Waals surface area contributed by atoms with Crippen molar-refractivity contribution < 1.29 is 4.39 Å². The predicted octanol–water partition coefficient (Wildman–Crippen LogP) is 3.84. The largest absolute Gasteiger partial charge is 0.356 e. The summed E-state index contributed by atoms with van der Waals surface area (Å²) in [5.41, 5.74) is 1.85. The van der Waals surface area contributed by atoms with Crippen LogP contribution in [-0.4, -0.2) is 43.2 Å². The Hall–Kier alpha value is -1.90. The average molecular weight is 509 g/mol. The van der Waals surface area contributed by atoms with Gasteiger partial charge in [-0.1, -0.05) is 24.3 Å². The molecule has 156 valence electrons. The van der Waals surface area contributed by atoms with Gasteiger partial charge < -0.3 is 15.5 Å². The molecule has 0 bridgehead atoms. The zero-order valence-electron chi connectivity index (χ0n) is 16.9. The van der Waals surface area contributed by atoms with E-state index in [4.69, 9.17) is 0 Å². The molecule has 29 heavy (non-hydrogen) atoms. The molecule has 2 N–H and O–H groups in total. The van der Waals surface area contributed by atoms with E-state index in [2.05, 4.69) is 37.6 Å². The quantitative estimate of drug-likeness (QED) is 0.374. The number of hydrogen-bond donors (Lipinski definition) is 2. The molecule has 2 aliphatic rings. The molecule has 1 aromatic carbocycles. The van der Waals surface area contributed by atoms with Crippen LogP contribution >= 0.6 is 24.0 Å². The van der Waals surface area contributed by atoms with E-state index in [9.17, 15) is 4.39 Å². The molecule has 1 saturated heterocycles. The van der Waals surface area contributed by atoms with Crippen LogP contribution in [0.1, 0.15) is 36.4 Å². The molecule has 2 heterocycles. The molecule has 2 unspecified atom stereocenters. The summed E-state index contributed by atoms with van der Waals surface area (Å²) in [5, 5.41) is 7.01. The number of nitrogens with one attached hydrogen (secondary N) is 2. The molecule has 2 atom stereocenters. The van der Waals surface area contributed by atoms with Gasteiger partial charge in [-0.3, -0.25) is 4.99 Å². The normalized spacial score (nSPS) is 22.0. The van der Waals surface area contributed by atoms with Crippen LogP contribution in [0, 0.1) is 12.7 Å². The molecule has 0 radical (unpaired) electrons. The van der Waals surface area contributed by atoms with Crippen molar-refractivity contribution in [2.75, 3.05) is 25.0 Å². The highest BCUT2D eigenvalue weighted by molar-refractivity contribution is 14.0. The van der Waals surface area contributed by atoms with Gasteiger partial charge in [-0.15, -0.1) is 24.0 Å². The van der Waals surface area contributed by atoms with Crippen LogP contribution in [0.3, 0.4) is 0 Å². The van der Waals surface area contributed by atoms with E-state index in [1.165, 1.54) is 6.07 Å². The van der Waals surface area contributed by atoms with Crippen molar-refractivity contribution in [3.8, 4) is 0 Å². The highest BCUT2D eigenvalue weighted by atomic mass is 127. The molecule has 0 amide bonds. The number of halogens is 2. The van der Waals surface area contributed by atoms with Crippen LogP contribution in [0.4, 0.5) is 10.2 Å². The maximum atomic E-state index is 14.0. The Kier molecular flexibility index (Phi) is 7.32. The summed E-state index contributed by atoms with van der Waals surface area (Å²) in [6.45, 7) is 3.98. The molecule has 1 aromatic heterocycles.